The van der Waals surface area contributed by atoms with E-state index in [0.29, 0.717) is 11.6 Å². The summed E-state index contributed by atoms with van der Waals surface area (Å²) in [6.07, 6.45) is 0. The van der Waals surface area contributed by atoms with Crippen molar-refractivity contribution < 1.29 is 5.11 Å². The molecule has 0 aliphatic heterocycles. The Labute approximate surface area is 125 Å². The summed E-state index contributed by atoms with van der Waals surface area (Å²) in [5.74, 6) is 0.113. The zero-order valence-electron chi connectivity index (χ0n) is 10.6. The molecule has 5 heteroatoms. The lowest BCUT2D eigenvalue weighted by Gasteiger charge is -2.04. The number of fused-ring (bicyclic) bond motifs is 1. The van der Waals surface area contributed by atoms with Gasteiger partial charge in [0.25, 0.3) is 0 Å². The van der Waals surface area contributed by atoms with E-state index in [9.17, 15) is 5.11 Å². The Bertz CT molecular complexity index is 709. The lowest BCUT2D eigenvalue weighted by atomic mass is 10.2. The Balaban J connectivity index is 1.63. The fourth-order valence-electron chi connectivity index (χ4n) is 1.97. The summed E-state index contributed by atoms with van der Waals surface area (Å²) >= 11 is 7.57. The van der Waals surface area contributed by atoms with Crippen LogP contribution >= 0.6 is 22.9 Å². The number of rotatable bonds is 4. The molecular formula is C15H13ClN2OS. The summed E-state index contributed by atoms with van der Waals surface area (Å²) in [6.45, 7) is 1.41. The van der Waals surface area contributed by atoms with Crippen LogP contribution in [-0.4, -0.2) is 10.1 Å². The first-order chi connectivity index (χ1) is 9.72. The molecule has 20 heavy (non-hydrogen) atoms. The number of phenolic OH excluding ortho intramolecular Hbond substituents is 1. The normalized spacial score (nSPS) is 11.1. The van der Waals surface area contributed by atoms with Crippen LogP contribution in [0, 0.1) is 0 Å². The number of hydrogen-bond acceptors (Lipinski definition) is 4. The highest BCUT2D eigenvalue weighted by Gasteiger charge is 2.03. The molecule has 0 spiro atoms. The number of para-hydroxylation sites is 1. The lowest BCUT2D eigenvalue weighted by Crippen LogP contribution is -2.12. The smallest absolute Gasteiger partial charge is 0.134 e. The van der Waals surface area contributed by atoms with Gasteiger partial charge >= 0.3 is 0 Å². The maximum atomic E-state index is 9.37. The summed E-state index contributed by atoms with van der Waals surface area (Å²) in [4.78, 5) is 4.57. The SMILES string of the molecule is Oc1ccc(CNCc2nc3ccccc3s2)cc1Cl. The van der Waals surface area contributed by atoms with Gasteiger partial charge in [0.05, 0.1) is 15.2 Å². The largest absolute Gasteiger partial charge is 0.506 e. The molecule has 0 amide bonds. The Morgan fingerprint density at radius 1 is 1.15 bits per heavy atom. The molecule has 0 aliphatic rings. The van der Waals surface area contributed by atoms with Crippen LogP contribution in [0.4, 0.5) is 0 Å². The van der Waals surface area contributed by atoms with E-state index >= 15 is 0 Å². The number of aromatic hydroxyl groups is 1. The van der Waals surface area contributed by atoms with Crippen LogP contribution in [0.1, 0.15) is 10.6 Å². The van der Waals surface area contributed by atoms with E-state index in [1.165, 1.54) is 4.70 Å². The van der Waals surface area contributed by atoms with Crippen molar-refractivity contribution in [2.24, 2.45) is 0 Å². The number of nitrogens with zero attached hydrogens (tertiary/aromatic N) is 1. The molecule has 102 valence electrons. The van der Waals surface area contributed by atoms with E-state index in [4.69, 9.17) is 11.6 Å². The zero-order valence-corrected chi connectivity index (χ0v) is 12.2. The van der Waals surface area contributed by atoms with Crippen molar-refractivity contribution in [3.63, 3.8) is 0 Å². The monoisotopic (exact) mass is 304 g/mol. The van der Waals surface area contributed by atoms with E-state index in [1.807, 2.05) is 24.3 Å². The van der Waals surface area contributed by atoms with Crippen LogP contribution in [0.15, 0.2) is 42.5 Å². The average molecular weight is 305 g/mol. The quantitative estimate of drug-likeness (QED) is 0.767. The number of hydrogen-bond donors (Lipinski definition) is 2. The first kappa shape index (κ1) is 13.4. The van der Waals surface area contributed by atoms with E-state index in [1.54, 1.807) is 23.5 Å². The van der Waals surface area contributed by atoms with E-state index in [-0.39, 0.29) is 5.75 Å². The van der Waals surface area contributed by atoms with Gasteiger partial charge in [0.2, 0.25) is 0 Å². The molecule has 0 aliphatic carbocycles. The van der Waals surface area contributed by atoms with Gasteiger partial charge in [-0.15, -0.1) is 11.3 Å². The molecule has 0 radical (unpaired) electrons. The van der Waals surface area contributed by atoms with Crippen LogP contribution in [-0.2, 0) is 13.1 Å². The minimum atomic E-state index is 0.113. The van der Waals surface area contributed by atoms with E-state index < -0.39 is 0 Å². The van der Waals surface area contributed by atoms with Gasteiger partial charge < -0.3 is 10.4 Å². The molecule has 3 aromatic rings. The molecule has 0 bridgehead atoms. The van der Waals surface area contributed by atoms with Crippen molar-refractivity contribution in [2.75, 3.05) is 0 Å². The Kier molecular flexibility index (Phi) is 3.87. The van der Waals surface area contributed by atoms with Gasteiger partial charge in [0.1, 0.15) is 10.8 Å². The molecule has 0 atom stereocenters. The molecule has 0 fully saturated rings. The number of aromatic nitrogens is 1. The second-order valence-electron chi connectivity index (χ2n) is 4.46. The maximum Gasteiger partial charge on any atom is 0.134 e. The summed E-state index contributed by atoms with van der Waals surface area (Å²) in [5.41, 5.74) is 2.08. The predicted octanol–water partition coefficient (Wildman–Crippen LogP) is 3.95. The second-order valence-corrected chi connectivity index (χ2v) is 5.99. The highest BCUT2D eigenvalue weighted by molar-refractivity contribution is 7.18. The first-order valence-electron chi connectivity index (χ1n) is 6.25. The average Bonchev–Trinajstić information content (AvgIpc) is 2.85. The van der Waals surface area contributed by atoms with Crippen molar-refractivity contribution in [2.45, 2.75) is 13.1 Å². The number of halogens is 1. The van der Waals surface area contributed by atoms with Crippen LogP contribution in [0.25, 0.3) is 10.2 Å². The first-order valence-corrected chi connectivity index (χ1v) is 7.44. The highest BCUT2D eigenvalue weighted by atomic mass is 35.5. The molecule has 0 unspecified atom stereocenters. The minimum Gasteiger partial charge on any atom is -0.506 e. The summed E-state index contributed by atoms with van der Waals surface area (Å²) < 4.78 is 1.21. The third kappa shape index (κ3) is 2.93. The van der Waals surface area contributed by atoms with Crippen LogP contribution < -0.4 is 5.32 Å². The number of phenols is 1. The fourth-order valence-corrected chi connectivity index (χ4v) is 3.11. The molecule has 2 aromatic carbocycles. The van der Waals surface area contributed by atoms with Crippen molar-refractivity contribution >= 4 is 33.2 Å². The molecule has 3 rings (SSSR count). The standard InChI is InChI=1S/C15H13ClN2OS/c16-11-7-10(5-6-13(11)19)8-17-9-15-18-12-3-1-2-4-14(12)20-15/h1-7,17,19H,8-9H2. The van der Waals surface area contributed by atoms with E-state index in [2.05, 4.69) is 16.4 Å². The van der Waals surface area contributed by atoms with Crippen molar-refractivity contribution in [3.05, 3.63) is 58.1 Å². The molecule has 1 heterocycles. The maximum absolute atomic E-state index is 9.37. The van der Waals surface area contributed by atoms with Crippen LogP contribution in [0.3, 0.4) is 0 Å². The third-order valence-electron chi connectivity index (χ3n) is 2.96. The summed E-state index contributed by atoms with van der Waals surface area (Å²) in [6, 6.07) is 13.4. The van der Waals surface area contributed by atoms with Crippen molar-refractivity contribution in [1.29, 1.82) is 0 Å². The summed E-state index contributed by atoms with van der Waals surface area (Å²) in [5, 5.41) is 14.1. The Hall–Kier alpha value is -1.62. The predicted molar refractivity (Wildman–Crippen MR) is 83.3 cm³/mol. The van der Waals surface area contributed by atoms with Gasteiger partial charge in [-0.05, 0) is 29.8 Å². The van der Waals surface area contributed by atoms with Crippen LogP contribution in [0.2, 0.25) is 5.02 Å². The zero-order chi connectivity index (χ0) is 13.9. The molecule has 0 saturated heterocycles. The Morgan fingerprint density at radius 3 is 2.80 bits per heavy atom. The highest BCUT2D eigenvalue weighted by Crippen LogP contribution is 2.24. The fraction of sp³-hybridized carbons (Fsp3) is 0.133. The van der Waals surface area contributed by atoms with Gasteiger partial charge in [-0.25, -0.2) is 4.98 Å². The minimum absolute atomic E-state index is 0.113. The lowest BCUT2D eigenvalue weighted by molar-refractivity contribution is 0.475. The van der Waals surface area contributed by atoms with Gasteiger partial charge in [-0.2, -0.15) is 0 Å². The number of nitrogens with one attached hydrogen (secondary N) is 1. The number of benzene rings is 2. The molecule has 0 saturated carbocycles. The van der Waals surface area contributed by atoms with Crippen LogP contribution in [0.5, 0.6) is 5.75 Å². The van der Waals surface area contributed by atoms with Crippen molar-refractivity contribution in [1.82, 2.24) is 10.3 Å². The molecule has 2 N–H and O–H groups in total. The number of thiazole rings is 1. The van der Waals surface area contributed by atoms with E-state index in [0.717, 1.165) is 22.6 Å². The third-order valence-corrected chi connectivity index (χ3v) is 4.29. The van der Waals surface area contributed by atoms with Gasteiger partial charge in [-0.3, -0.25) is 0 Å². The topological polar surface area (TPSA) is 45.1 Å². The Morgan fingerprint density at radius 2 is 2.00 bits per heavy atom. The molecule has 3 nitrogen and oxygen atoms in total. The van der Waals surface area contributed by atoms with Crippen molar-refractivity contribution in [3.8, 4) is 5.75 Å². The molecular weight excluding hydrogens is 292 g/mol. The van der Waals surface area contributed by atoms with Gasteiger partial charge in [0, 0.05) is 13.1 Å². The van der Waals surface area contributed by atoms with Gasteiger partial charge in [-0.1, -0.05) is 29.8 Å². The second kappa shape index (κ2) is 5.79. The van der Waals surface area contributed by atoms with Gasteiger partial charge in [0.15, 0.2) is 0 Å². The summed E-state index contributed by atoms with van der Waals surface area (Å²) in [7, 11) is 0. The molecule has 1 aromatic heterocycles.